The molecule has 1 aromatic heterocycles. The van der Waals surface area contributed by atoms with Gasteiger partial charge in [0.15, 0.2) is 0 Å². The van der Waals surface area contributed by atoms with Gasteiger partial charge in [-0.3, -0.25) is 0 Å². The number of hydrogen-bond donors (Lipinski definition) is 5. The van der Waals surface area contributed by atoms with Crippen molar-refractivity contribution >= 4 is 18.1 Å². The monoisotopic (exact) mass is 229 g/mol. The highest BCUT2D eigenvalue weighted by molar-refractivity contribution is 5.90. The van der Waals surface area contributed by atoms with Crippen LogP contribution < -0.4 is 21.6 Å². The molecule has 0 fully saturated rings. The van der Waals surface area contributed by atoms with E-state index in [1.165, 1.54) is 6.34 Å². The molecule has 0 unspecified atom stereocenters. The Morgan fingerprint density at radius 2 is 2.44 bits per heavy atom. The first-order valence-electron chi connectivity index (χ1n) is 4.22. The quantitative estimate of drug-likeness (QED) is 0.123. The van der Waals surface area contributed by atoms with Gasteiger partial charge in [-0.2, -0.15) is 5.10 Å². The van der Waals surface area contributed by atoms with Gasteiger partial charge in [0, 0.05) is 7.05 Å². The second kappa shape index (κ2) is 6.19. The van der Waals surface area contributed by atoms with Gasteiger partial charge in [0.25, 0.3) is 0 Å². The minimum Gasteiger partial charge on any atom is -0.476 e. The first-order chi connectivity index (χ1) is 7.75. The lowest BCUT2D eigenvalue weighted by Gasteiger charge is -2.01. The molecule has 1 rings (SSSR count). The first kappa shape index (κ1) is 11.7. The first-order valence-corrected chi connectivity index (χ1v) is 4.22. The molecule has 1 heterocycles. The fraction of sp³-hybridized carbons (Fsp3) is 0.333. The van der Waals surface area contributed by atoms with Crippen molar-refractivity contribution in [2.75, 3.05) is 19.0 Å². The lowest BCUT2D eigenvalue weighted by Crippen LogP contribution is -2.26. The Bertz CT molecular complexity index is 363. The molecular formula is C6H11N7O3. The molecule has 1 aromatic rings. The number of carbonyl (C=O) groups is 1. The smallest absolute Gasteiger partial charge is 0.362 e. The molecule has 10 heteroatoms. The third-order valence-corrected chi connectivity index (χ3v) is 1.38. The maximum atomic E-state index is 10.6. The maximum Gasteiger partial charge on any atom is 0.362 e. The maximum absolute atomic E-state index is 10.6. The van der Waals surface area contributed by atoms with Crippen molar-refractivity contribution in [3.05, 3.63) is 5.69 Å². The topological polar surface area (TPSA) is 137 Å². The molecule has 0 aliphatic rings. The van der Waals surface area contributed by atoms with E-state index in [2.05, 4.69) is 41.6 Å². The van der Waals surface area contributed by atoms with E-state index in [0.29, 0.717) is 0 Å². The summed E-state index contributed by atoms with van der Waals surface area (Å²) < 4.78 is 4.28. The number of rotatable bonds is 7. The number of nitrogens with one attached hydrogen (secondary N) is 4. The SMILES string of the molecule is CNN/N=C\NCNc1nonc1C(=O)O. The fourth-order valence-corrected chi connectivity index (χ4v) is 0.768. The number of anilines is 1. The van der Waals surface area contributed by atoms with Gasteiger partial charge in [0.2, 0.25) is 11.5 Å². The van der Waals surface area contributed by atoms with Crippen LogP contribution in [-0.2, 0) is 0 Å². The number of aromatic carboxylic acids is 1. The second-order valence-corrected chi connectivity index (χ2v) is 2.44. The molecule has 0 atom stereocenters. The number of nitrogens with zero attached hydrogens (tertiary/aromatic N) is 3. The highest BCUT2D eigenvalue weighted by Crippen LogP contribution is 2.07. The van der Waals surface area contributed by atoms with E-state index in [1.54, 1.807) is 7.05 Å². The van der Waals surface area contributed by atoms with E-state index >= 15 is 0 Å². The summed E-state index contributed by atoms with van der Waals surface area (Å²) in [5.74, 6) is -1.16. The zero-order valence-corrected chi connectivity index (χ0v) is 8.39. The summed E-state index contributed by atoms with van der Waals surface area (Å²) in [5, 5.41) is 24.3. The van der Waals surface area contributed by atoms with E-state index in [1.807, 2.05) is 0 Å². The number of carboxylic acids is 1. The molecular weight excluding hydrogens is 218 g/mol. The Morgan fingerprint density at radius 1 is 1.62 bits per heavy atom. The highest BCUT2D eigenvalue weighted by Gasteiger charge is 2.16. The van der Waals surface area contributed by atoms with Crippen LogP contribution in [-0.4, -0.2) is 41.4 Å². The molecule has 0 saturated carbocycles. The van der Waals surface area contributed by atoms with E-state index in [-0.39, 0.29) is 18.2 Å². The number of aromatic nitrogens is 2. The van der Waals surface area contributed by atoms with Crippen LogP contribution in [0.5, 0.6) is 0 Å². The van der Waals surface area contributed by atoms with E-state index < -0.39 is 5.97 Å². The van der Waals surface area contributed by atoms with Crippen LogP contribution in [0.4, 0.5) is 5.82 Å². The Hall–Kier alpha value is -2.36. The molecule has 10 nitrogen and oxygen atoms in total. The summed E-state index contributed by atoms with van der Waals surface area (Å²) in [7, 11) is 1.66. The molecule has 0 spiro atoms. The van der Waals surface area contributed by atoms with Gasteiger partial charge in [0.1, 0.15) is 6.34 Å². The van der Waals surface area contributed by atoms with Crippen molar-refractivity contribution in [1.82, 2.24) is 26.6 Å². The van der Waals surface area contributed by atoms with Crippen LogP contribution in [0.3, 0.4) is 0 Å². The van der Waals surface area contributed by atoms with Crippen LogP contribution in [0, 0.1) is 0 Å². The summed E-state index contributed by atoms with van der Waals surface area (Å²) in [6.07, 6.45) is 1.37. The van der Waals surface area contributed by atoms with Gasteiger partial charge in [-0.25, -0.2) is 20.4 Å². The summed E-state index contributed by atoms with van der Waals surface area (Å²) in [6, 6.07) is 0. The molecule has 5 N–H and O–H groups in total. The summed E-state index contributed by atoms with van der Waals surface area (Å²) in [4.78, 5) is 10.6. The van der Waals surface area contributed by atoms with Crippen molar-refractivity contribution in [3.8, 4) is 0 Å². The largest absolute Gasteiger partial charge is 0.476 e. The predicted octanol–water partition coefficient (Wildman–Crippen LogP) is -1.61. The molecule has 0 aromatic carbocycles. The average molecular weight is 229 g/mol. The number of hydrazine groups is 1. The zero-order valence-electron chi connectivity index (χ0n) is 8.39. The Labute approximate surface area is 90.0 Å². The fourth-order valence-electron chi connectivity index (χ4n) is 0.768. The van der Waals surface area contributed by atoms with E-state index in [9.17, 15) is 4.79 Å². The lowest BCUT2D eigenvalue weighted by atomic mass is 10.4. The van der Waals surface area contributed by atoms with Gasteiger partial charge in [-0.15, -0.1) is 0 Å². The molecule has 0 radical (unpaired) electrons. The summed E-state index contributed by atoms with van der Waals surface area (Å²) in [6.45, 7) is 0.226. The minimum atomic E-state index is -1.21. The van der Waals surface area contributed by atoms with Crippen molar-refractivity contribution in [2.24, 2.45) is 5.10 Å². The summed E-state index contributed by atoms with van der Waals surface area (Å²) >= 11 is 0. The summed E-state index contributed by atoms with van der Waals surface area (Å²) in [5.41, 5.74) is 4.76. The Kier molecular flexibility index (Phi) is 4.53. The van der Waals surface area contributed by atoms with E-state index in [0.717, 1.165) is 0 Å². The second-order valence-electron chi connectivity index (χ2n) is 2.44. The lowest BCUT2D eigenvalue weighted by molar-refractivity contribution is 0.0685. The average Bonchev–Trinajstić information content (AvgIpc) is 2.71. The van der Waals surface area contributed by atoms with Crippen molar-refractivity contribution < 1.29 is 14.5 Å². The third-order valence-electron chi connectivity index (χ3n) is 1.38. The van der Waals surface area contributed by atoms with Crippen molar-refractivity contribution in [1.29, 1.82) is 0 Å². The minimum absolute atomic E-state index is 0.0509. The van der Waals surface area contributed by atoms with Crippen molar-refractivity contribution in [2.45, 2.75) is 0 Å². The van der Waals surface area contributed by atoms with Crippen LogP contribution in [0.25, 0.3) is 0 Å². The normalized spacial score (nSPS) is 10.3. The molecule has 0 bridgehead atoms. The number of carboxylic acid groups (broad SMARTS) is 1. The van der Waals surface area contributed by atoms with Crippen LogP contribution in [0.2, 0.25) is 0 Å². The molecule has 0 aliphatic carbocycles. The van der Waals surface area contributed by atoms with Crippen LogP contribution in [0.1, 0.15) is 10.5 Å². The molecule has 0 saturated heterocycles. The van der Waals surface area contributed by atoms with Gasteiger partial charge in [-0.1, -0.05) is 0 Å². The Morgan fingerprint density at radius 3 is 3.12 bits per heavy atom. The molecule has 0 aliphatic heterocycles. The highest BCUT2D eigenvalue weighted by atomic mass is 16.6. The van der Waals surface area contributed by atoms with Gasteiger partial charge in [-0.05, 0) is 10.3 Å². The zero-order chi connectivity index (χ0) is 11.8. The van der Waals surface area contributed by atoms with Crippen LogP contribution >= 0.6 is 0 Å². The molecule has 16 heavy (non-hydrogen) atoms. The third kappa shape index (κ3) is 3.42. The van der Waals surface area contributed by atoms with Crippen molar-refractivity contribution in [3.63, 3.8) is 0 Å². The van der Waals surface area contributed by atoms with Gasteiger partial charge in [0.05, 0.1) is 6.67 Å². The number of hydrogen-bond acceptors (Lipinski definition) is 8. The molecule has 0 amide bonds. The standard InChI is InChI=1S/C6H11N7O3/c1-7-13-10-3-8-2-9-5-4(6(14)15)11-16-12-5/h3,7,13H,2H2,1H3,(H,8,10)(H,9,12)(H,14,15). The van der Waals surface area contributed by atoms with Gasteiger partial charge < -0.3 is 15.7 Å². The Balaban J connectivity index is 2.32. The predicted molar refractivity (Wildman–Crippen MR) is 53.6 cm³/mol. The molecule has 88 valence electrons. The number of hydrazone groups is 1. The van der Waals surface area contributed by atoms with E-state index in [4.69, 9.17) is 5.11 Å². The van der Waals surface area contributed by atoms with Crippen LogP contribution in [0.15, 0.2) is 9.73 Å². The van der Waals surface area contributed by atoms with Gasteiger partial charge >= 0.3 is 5.97 Å².